The maximum Gasteiger partial charge on any atom is 0.422 e. The van der Waals surface area contributed by atoms with Crippen LogP contribution in [0.15, 0.2) is 0 Å². The van der Waals surface area contributed by atoms with Crippen molar-refractivity contribution in [3.63, 3.8) is 0 Å². The minimum atomic E-state index is -1.65. The molecule has 292 valence electrons. The molecule has 22 heteroatoms. The van der Waals surface area contributed by atoms with Gasteiger partial charge in [0.1, 0.15) is 72.7 Å². The van der Waals surface area contributed by atoms with Crippen molar-refractivity contribution in [2.45, 2.75) is 149 Å². The first-order chi connectivity index (χ1) is 23.4. The molecule has 22 nitrogen and oxygen atoms in total. The van der Waals surface area contributed by atoms with Crippen LogP contribution in [0.5, 0.6) is 0 Å². The molecule has 0 bridgehead atoms. The highest BCUT2D eigenvalue weighted by molar-refractivity contribution is 5.66. The van der Waals surface area contributed by atoms with E-state index in [1.54, 1.807) is 20.8 Å². The summed E-state index contributed by atoms with van der Waals surface area (Å²) in [5.74, 6) is 0. The summed E-state index contributed by atoms with van der Waals surface area (Å²) >= 11 is 0. The van der Waals surface area contributed by atoms with E-state index in [9.17, 15) is 40.5 Å². The second kappa shape index (κ2) is 17.1. The molecule has 0 aromatic heterocycles. The molecule has 0 radical (unpaired) electrons. The molecular weight excluding hydrogens is 674 g/mol. The van der Waals surface area contributed by atoms with Gasteiger partial charge in [0.15, 0.2) is 18.9 Å². The number of hydrazine groups is 1. The lowest BCUT2D eigenvalue weighted by Gasteiger charge is -2.47. The Balaban J connectivity index is 1.45. The third-order valence-electron chi connectivity index (χ3n) is 9.03. The maximum absolute atomic E-state index is 12.0. The smallest absolute Gasteiger partial charge is 0.422 e. The second-order valence-electron chi connectivity index (χ2n) is 14.0. The van der Waals surface area contributed by atoms with Crippen LogP contribution in [0.3, 0.4) is 0 Å². The van der Waals surface area contributed by atoms with Crippen LogP contribution in [0.4, 0.5) is 4.79 Å². The summed E-state index contributed by atoms with van der Waals surface area (Å²) in [6, 6.07) is -4.43. The predicted molar refractivity (Wildman–Crippen MR) is 167 cm³/mol. The highest BCUT2D eigenvalue weighted by Gasteiger charge is 2.54. The van der Waals surface area contributed by atoms with Crippen molar-refractivity contribution >= 4 is 6.09 Å². The highest BCUT2D eigenvalue weighted by atomic mass is 16.8. The van der Waals surface area contributed by atoms with Crippen molar-refractivity contribution in [2.24, 2.45) is 28.7 Å². The van der Waals surface area contributed by atoms with Gasteiger partial charge in [-0.1, -0.05) is 0 Å². The Morgan fingerprint density at radius 1 is 0.700 bits per heavy atom. The molecule has 50 heavy (non-hydrogen) atoms. The second-order valence-corrected chi connectivity index (χ2v) is 14.0. The molecule has 4 rings (SSSR count). The normalized spacial score (nSPS) is 47.2. The zero-order valence-corrected chi connectivity index (χ0v) is 28.1. The van der Waals surface area contributed by atoms with Gasteiger partial charge in [0, 0.05) is 25.2 Å². The quantitative estimate of drug-likeness (QED) is 0.0878. The fourth-order valence-corrected chi connectivity index (χ4v) is 6.24. The zero-order chi connectivity index (χ0) is 37.2. The minimum Gasteiger partial charge on any atom is -0.443 e. The van der Waals surface area contributed by atoms with Gasteiger partial charge in [-0.2, -0.15) is 0 Å². The Hall–Kier alpha value is -1.49. The van der Waals surface area contributed by atoms with Crippen LogP contribution in [-0.2, 0) is 33.2 Å². The van der Waals surface area contributed by atoms with Gasteiger partial charge in [0.05, 0.1) is 24.8 Å². The number of nitrogens with two attached hydrogens (primary N) is 5. The van der Waals surface area contributed by atoms with Crippen molar-refractivity contribution in [3.05, 3.63) is 0 Å². The number of ether oxygens (including phenoxy) is 7. The molecule has 1 amide bonds. The summed E-state index contributed by atoms with van der Waals surface area (Å²) in [6.45, 7) is 3.93. The SMILES string of the molecule is CC(C)(C)OC(=O)NNC[C@H]1O[C@H](O[C@H]2[C@H](O[C@@H]3O[C@H](CO)[C@@H](O[C@H]4OC(CN)[C@@H](O)[C@H](O)[C@H]4N)[C@H]3O)[C@@H](O)[C@H](N)C[C@@H]2N)[C@H](N)[C@@H](O)[C@@H]1O. The topological polar surface area (TPSA) is 377 Å². The molecule has 0 spiro atoms. The zero-order valence-electron chi connectivity index (χ0n) is 28.1. The van der Waals surface area contributed by atoms with Gasteiger partial charge in [-0.15, -0.1) is 0 Å². The van der Waals surface area contributed by atoms with Crippen LogP contribution in [0, 0.1) is 0 Å². The number of carbonyl (C=O) groups is 1. The number of rotatable bonds is 11. The van der Waals surface area contributed by atoms with Gasteiger partial charge in [-0.25, -0.2) is 10.2 Å². The summed E-state index contributed by atoms with van der Waals surface area (Å²) in [4.78, 5) is 12.0. The summed E-state index contributed by atoms with van der Waals surface area (Å²) in [7, 11) is 0. The molecule has 3 saturated heterocycles. The van der Waals surface area contributed by atoms with Crippen LogP contribution in [0.2, 0.25) is 0 Å². The van der Waals surface area contributed by atoms with Crippen molar-refractivity contribution in [1.82, 2.24) is 10.9 Å². The molecule has 19 atom stereocenters. The number of aliphatic hydroxyl groups is 7. The van der Waals surface area contributed by atoms with Crippen LogP contribution in [0.1, 0.15) is 27.2 Å². The summed E-state index contributed by atoms with van der Waals surface area (Å²) in [5.41, 5.74) is 34.4. The molecule has 4 fully saturated rings. The van der Waals surface area contributed by atoms with E-state index in [-0.39, 0.29) is 19.5 Å². The largest absolute Gasteiger partial charge is 0.443 e. The third-order valence-corrected chi connectivity index (χ3v) is 9.03. The summed E-state index contributed by atoms with van der Waals surface area (Å²) < 4.78 is 40.3. The average molecular weight is 730 g/mol. The van der Waals surface area contributed by atoms with E-state index in [0.29, 0.717) is 0 Å². The summed E-state index contributed by atoms with van der Waals surface area (Å²) in [5, 5.41) is 74.3. The predicted octanol–water partition coefficient (Wildman–Crippen LogP) is -7.82. The van der Waals surface area contributed by atoms with E-state index in [1.165, 1.54) is 0 Å². The fourth-order valence-electron chi connectivity index (χ4n) is 6.24. The van der Waals surface area contributed by atoms with E-state index < -0.39 is 135 Å². The van der Waals surface area contributed by atoms with Gasteiger partial charge < -0.3 is 97.6 Å². The van der Waals surface area contributed by atoms with E-state index >= 15 is 0 Å². The van der Waals surface area contributed by atoms with Crippen molar-refractivity contribution in [1.29, 1.82) is 0 Å². The molecule has 0 aromatic carbocycles. The van der Waals surface area contributed by atoms with Crippen LogP contribution < -0.4 is 39.5 Å². The molecule has 3 aliphatic heterocycles. The Morgan fingerprint density at radius 3 is 1.78 bits per heavy atom. The van der Waals surface area contributed by atoms with Crippen LogP contribution in [0.25, 0.3) is 0 Å². The molecule has 1 unspecified atom stereocenters. The number of aliphatic hydroxyl groups excluding tert-OH is 7. The number of hydrogen-bond acceptors (Lipinski definition) is 21. The Kier molecular flexibility index (Phi) is 14.1. The van der Waals surface area contributed by atoms with Crippen LogP contribution in [-0.4, -0.2) is 183 Å². The molecule has 19 N–H and O–H groups in total. The lowest BCUT2D eigenvalue weighted by atomic mass is 9.84. The van der Waals surface area contributed by atoms with Crippen molar-refractivity contribution < 1.29 is 73.7 Å². The van der Waals surface area contributed by atoms with Gasteiger partial charge in [0.2, 0.25) is 0 Å². The van der Waals surface area contributed by atoms with E-state index in [1.807, 2.05) is 0 Å². The Labute approximate surface area is 288 Å². The van der Waals surface area contributed by atoms with E-state index in [4.69, 9.17) is 61.8 Å². The lowest BCUT2D eigenvalue weighted by molar-refractivity contribution is -0.307. The Bertz CT molecular complexity index is 1100. The van der Waals surface area contributed by atoms with Crippen molar-refractivity contribution in [2.75, 3.05) is 19.7 Å². The van der Waals surface area contributed by atoms with Crippen molar-refractivity contribution in [3.8, 4) is 0 Å². The van der Waals surface area contributed by atoms with Gasteiger partial charge >= 0.3 is 6.09 Å². The first-order valence-electron chi connectivity index (χ1n) is 16.4. The minimum absolute atomic E-state index is 0.0378. The van der Waals surface area contributed by atoms with Gasteiger partial charge in [0.25, 0.3) is 0 Å². The molecule has 3 heterocycles. The van der Waals surface area contributed by atoms with E-state index in [2.05, 4.69) is 10.9 Å². The van der Waals surface area contributed by atoms with Gasteiger partial charge in [-0.3, -0.25) is 5.43 Å². The first kappa shape index (κ1) is 41.3. The number of hydrogen-bond donors (Lipinski definition) is 14. The molecular formula is C28H55N7O15. The van der Waals surface area contributed by atoms with Gasteiger partial charge in [-0.05, 0) is 27.2 Å². The monoisotopic (exact) mass is 729 g/mol. The standard InChI is InChI=1S/C28H55N7O15/c1-28(2,3)50-27(43)35-34-6-11-17(39)19(41)14(33)25(45-11)47-21-9(31)4-8(30)15(37)23(21)49-26-20(42)22(12(7-36)46-26)48-24-13(32)18(40)16(38)10(5-29)44-24/h8-26,34,36-42H,4-7,29-33H2,1-3H3,(H,35,43)/t8-,9+,10?,11-,12-,13-,14-,15+,16-,17-,18-,19-,20-,21-,22-,23-,24-,25-,26+/m1/s1. The molecule has 1 aliphatic carbocycles. The fraction of sp³-hybridized carbons (Fsp3) is 0.964. The summed E-state index contributed by atoms with van der Waals surface area (Å²) in [6.07, 6.45) is -21.7. The van der Waals surface area contributed by atoms with Crippen LogP contribution >= 0.6 is 0 Å². The molecule has 1 saturated carbocycles. The van der Waals surface area contributed by atoms with E-state index in [0.717, 1.165) is 0 Å². The molecule has 4 aliphatic rings. The average Bonchev–Trinajstić information content (AvgIpc) is 3.34. The molecule has 0 aromatic rings. The number of carbonyl (C=O) groups excluding carboxylic acids is 1. The number of amides is 1. The third kappa shape index (κ3) is 9.35. The lowest BCUT2D eigenvalue weighted by Crippen LogP contribution is -2.68. The Morgan fingerprint density at radius 2 is 1.22 bits per heavy atom. The number of nitrogens with one attached hydrogen (secondary N) is 2. The highest BCUT2D eigenvalue weighted by Crippen LogP contribution is 2.34. The maximum atomic E-state index is 12.0. The first-order valence-corrected chi connectivity index (χ1v) is 16.4.